The molecule has 0 unspecified atom stereocenters. The second kappa shape index (κ2) is 25.7. The van der Waals surface area contributed by atoms with Gasteiger partial charge < -0.3 is 40.2 Å². The maximum atomic E-state index is 12.0. The van der Waals surface area contributed by atoms with E-state index in [1.807, 2.05) is 11.8 Å². The number of nitrogens with one attached hydrogen (secondary N) is 4. The van der Waals surface area contributed by atoms with Crippen LogP contribution in [0.4, 0.5) is 4.79 Å². The maximum Gasteiger partial charge on any atom is 0.315 e. The summed E-state index contributed by atoms with van der Waals surface area (Å²) in [5.41, 5.74) is 8.20. The first-order valence-corrected chi connectivity index (χ1v) is 18.4. The summed E-state index contributed by atoms with van der Waals surface area (Å²) in [5, 5.41) is 15.6. The number of nitrogens with zero attached hydrogens (tertiary/aromatic N) is 3. The van der Waals surface area contributed by atoms with Gasteiger partial charge in [-0.25, -0.2) is 4.79 Å². The van der Waals surface area contributed by atoms with Crippen LogP contribution >= 0.6 is 33.3 Å². The van der Waals surface area contributed by atoms with Crippen LogP contribution in [0.3, 0.4) is 0 Å². The molecule has 0 aromatic rings. The quantitative estimate of drug-likeness (QED) is 0.0242. The second-order valence-corrected chi connectivity index (χ2v) is 13.7. The number of ether oxygens (including phenoxy) is 4. The molecule has 0 aromatic heterocycles. The van der Waals surface area contributed by atoms with E-state index in [1.54, 1.807) is 21.6 Å². The summed E-state index contributed by atoms with van der Waals surface area (Å²) < 4.78 is 21.8. The van der Waals surface area contributed by atoms with E-state index in [1.165, 1.54) is 0 Å². The standard InChI is InChI=1S/C26H47N7O7S3/c27-33-30-7-3-18-42-43-19-9-29-24(35)6-10-37-12-14-39-16-17-40-15-13-38-11-8-28-23(34)5-2-1-4-22-25-21(20-41-22)31-26(36)32-25/h21-22,25H,1-20H2,(H,28,34)(H,29,35)(H2,31,32,36)/t21-,22-,25-/m0/s1. The molecule has 246 valence electrons. The average Bonchev–Trinajstić information content (AvgIpc) is 3.55. The Morgan fingerprint density at radius 3 is 2.26 bits per heavy atom. The number of urea groups is 1. The fourth-order valence-electron chi connectivity index (χ4n) is 4.23. The van der Waals surface area contributed by atoms with Crippen molar-refractivity contribution in [3.05, 3.63) is 10.4 Å². The Morgan fingerprint density at radius 1 is 0.860 bits per heavy atom. The molecule has 2 saturated heterocycles. The Balaban J connectivity index is 1.23. The number of thioether (sulfide) groups is 1. The Morgan fingerprint density at radius 2 is 1.51 bits per heavy atom. The van der Waals surface area contributed by atoms with Gasteiger partial charge in [-0.05, 0) is 24.8 Å². The van der Waals surface area contributed by atoms with E-state index >= 15 is 0 Å². The molecule has 14 nitrogen and oxygen atoms in total. The topological polar surface area (TPSA) is 185 Å². The highest BCUT2D eigenvalue weighted by atomic mass is 33.1. The van der Waals surface area contributed by atoms with Crippen molar-refractivity contribution in [3.8, 4) is 0 Å². The third-order valence-corrected chi connectivity index (χ3v) is 10.4. The molecule has 2 aliphatic heterocycles. The van der Waals surface area contributed by atoms with E-state index in [0.29, 0.717) is 90.6 Å². The summed E-state index contributed by atoms with van der Waals surface area (Å²) in [6.07, 6.45) is 4.49. The molecule has 2 rings (SSSR count). The molecule has 2 aliphatic rings. The molecule has 43 heavy (non-hydrogen) atoms. The van der Waals surface area contributed by atoms with Crippen molar-refractivity contribution < 1.29 is 33.3 Å². The molecule has 2 heterocycles. The summed E-state index contributed by atoms with van der Waals surface area (Å²) >= 11 is 1.90. The Kier molecular flexibility index (Phi) is 22.5. The van der Waals surface area contributed by atoms with Gasteiger partial charge in [0.05, 0.1) is 64.9 Å². The van der Waals surface area contributed by atoms with E-state index in [9.17, 15) is 14.4 Å². The van der Waals surface area contributed by atoms with Crippen LogP contribution in [0.5, 0.6) is 0 Å². The van der Waals surface area contributed by atoms with Crippen LogP contribution in [0.1, 0.15) is 38.5 Å². The molecule has 2 fully saturated rings. The number of amides is 4. The zero-order chi connectivity index (χ0) is 30.8. The summed E-state index contributed by atoms with van der Waals surface area (Å²) in [7, 11) is 3.40. The van der Waals surface area contributed by atoms with Gasteiger partial charge >= 0.3 is 6.03 Å². The first-order valence-electron chi connectivity index (χ1n) is 14.9. The molecule has 4 amide bonds. The molecule has 0 spiro atoms. The van der Waals surface area contributed by atoms with Gasteiger partial charge in [-0.1, -0.05) is 33.1 Å². The van der Waals surface area contributed by atoms with Crippen molar-refractivity contribution >= 4 is 51.2 Å². The number of hydrogen-bond donors (Lipinski definition) is 4. The van der Waals surface area contributed by atoms with Crippen LogP contribution in [-0.4, -0.2) is 125 Å². The van der Waals surface area contributed by atoms with Crippen molar-refractivity contribution in [1.82, 2.24) is 21.3 Å². The number of fused-ring (bicyclic) bond motifs is 1. The molecule has 0 aliphatic carbocycles. The SMILES string of the molecule is [N-]=[N+]=NCCCSSCCNC(=O)CCOCCOCCOCCOCCNC(=O)CCCC[C@@H]1SC[C@@H]2NC(=O)N[C@@H]21. The van der Waals surface area contributed by atoms with E-state index < -0.39 is 0 Å². The first kappa shape index (κ1) is 37.6. The van der Waals surface area contributed by atoms with Gasteiger partial charge in [0.1, 0.15) is 0 Å². The van der Waals surface area contributed by atoms with Crippen LogP contribution in [0.25, 0.3) is 10.4 Å². The van der Waals surface area contributed by atoms with Gasteiger partial charge in [-0.15, -0.1) is 0 Å². The lowest BCUT2D eigenvalue weighted by atomic mass is 10.0. The van der Waals surface area contributed by atoms with Crippen molar-refractivity contribution in [2.45, 2.75) is 55.9 Å². The van der Waals surface area contributed by atoms with E-state index in [-0.39, 0.29) is 29.9 Å². The van der Waals surface area contributed by atoms with Gasteiger partial charge in [0, 0.05) is 59.9 Å². The molecule has 0 aromatic carbocycles. The zero-order valence-corrected chi connectivity index (χ0v) is 27.2. The molecule has 3 atom stereocenters. The van der Waals surface area contributed by atoms with E-state index in [2.05, 4.69) is 31.3 Å². The Bertz CT molecular complexity index is 843. The molecule has 0 saturated carbocycles. The summed E-state index contributed by atoms with van der Waals surface area (Å²) in [5.74, 6) is 2.70. The smallest absolute Gasteiger partial charge is 0.315 e. The highest BCUT2D eigenvalue weighted by molar-refractivity contribution is 8.76. The third kappa shape index (κ3) is 19.4. The first-order chi connectivity index (χ1) is 21.1. The minimum absolute atomic E-state index is 0.0314. The van der Waals surface area contributed by atoms with Crippen LogP contribution < -0.4 is 21.3 Å². The molecular formula is C26H47N7O7S3. The van der Waals surface area contributed by atoms with Gasteiger partial charge in [-0.3, -0.25) is 9.59 Å². The van der Waals surface area contributed by atoms with Crippen LogP contribution in [0, 0.1) is 0 Å². The number of carbonyl (C=O) groups excluding carboxylic acids is 3. The number of azide groups is 1. The molecule has 0 radical (unpaired) electrons. The average molecular weight is 666 g/mol. The van der Waals surface area contributed by atoms with Crippen molar-refractivity contribution in [3.63, 3.8) is 0 Å². The lowest BCUT2D eigenvalue weighted by Crippen LogP contribution is -2.36. The van der Waals surface area contributed by atoms with Gasteiger partial charge in [0.2, 0.25) is 11.8 Å². The van der Waals surface area contributed by atoms with Crippen LogP contribution in [0.2, 0.25) is 0 Å². The van der Waals surface area contributed by atoms with Crippen molar-refractivity contribution in [1.29, 1.82) is 0 Å². The summed E-state index contributed by atoms with van der Waals surface area (Å²) in [6.45, 7) is 5.06. The number of carbonyl (C=O) groups is 3. The highest BCUT2D eigenvalue weighted by Crippen LogP contribution is 2.33. The third-order valence-electron chi connectivity index (χ3n) is 6.38. The van der Waals surface area contributed by atoms with Crippen molar-refractivity contribution in [2.24, 2.45) is 5.11 Å². The van der Waals surface area contributed by atoms with Crippen molar-refractivity contribution in [2.75, 3.05) is 89.7 Å². The van der Waals surface area contributed by atoms with Gasteiger partial charge in [0.25, 0.3) is 0 Å². The van der Waals surface area contributed by atoms with Crippen LogP contribution in [-0.2, 0) is 28.5 Å². The summed E-state index contributed by atoms with van der Waals surface area (Å²) in [4.78, 5) is 37.9. The highest BCUT2D eigenvalue weighted by Gasteiger charge is 2.42. The minimum Gasteiger partial charge on any atom is -0.379 e. The van der Waals surface area contributed by atoms with Crippen LogP contribution in [0.15, 0.2) is 5.11 Å². The predicted molar refractivity (Wildman–Crippen MR) is 171 cm³/mol. The second-order valence-electron chi connectivity index (χ2n) is 9.72. The lowest BCUT2D eigenvalue weighted by molar-refractivity contribution is -0.122. The number of hydrogen-bond acceptors (Lipinski definition) is 11. The van der Waals surface area contributed by atoms with E-state index in [0.717, 1.165) is 42.9 Å². The minimum atomic E-state index is -0.0635. The number of rotatable bonds is 28. The zero-order valence-electron chi connectivity index (χ0n) is 24.8. The van der Waals surface area contributed by atoms with Gasteiger partial charge in [-0.2, -0.15) is 11.8 Å². The largest absolute Gasteiger partial charge is 0.379 e. The molecule has 0 bridgehead atoms. The van der Waals surface area contributed by atoms with Gasteiger partial charge in [0.15, 0.2) is 0 Å². The summed E-state index contributed by atoms with van der Waals surface area (Å²) in [6, 6.07) is 0.401. The predicted octanol–water partition coefficient (Wildman–Crippen LogP) is 2.48. The fraction of sp³-hybridized carbons (Fsp3) is 0.885. The Hall–Kier alpha value is -1.59. The fourth-order valence-corrected chi connectivity index (χ4v) is 7.75. The molecule has 17 heteroatoms. The molecular weight excluding hydrogens is 619 g/mol. The van der Waals surface area contributed by atoms with E-state index in [4.69, 9.17) is 24.5 Å². The normalized spacial score (nSPS) is 18.9. The maximum absolute atomic E-state index is 12.0. The lowest BCUT2D eigenvalue weighted by Gasteiger charge is -2.16. The Labute approximate surface area is 266 Å². The molecule has 4 N–H and O–H groups in total. The number of unbranched alkanes of at least 4 members (excludes halogenated alkanes) is 1. The monoisotopic (exact) mass is 665 g/mol.